The second-order valence-electron chi connectivity index (χ2n) is 16.9. The lowest BCUT2D eigenvalue weighted by Crippen LogP contribution is -2.71. The zero-order valence-electron chi connectivity index (χ0n) is 36.2. The number of ether oxygens (including phenoxy) is 9. The molecule has 0 aromatic carbocycles. The molecular formula is C37H62N2O29. The third kappa shape index (κ3) is 12.0. The van der Waals surface area contributed by atoms with Crippen LogP contribution >= 0.6 is 0 Å². The molecule has 394 valence electrons. The third-order valence-corrected chi connectivity index (χ3v) is 12.1. The van der Waals surface area contributed by atoms with Crippen molar-refractivity contribution >= 4 is 17.8 Å². The van der Waals surface area contributed by atoms with Crippen molar-refractivity contribution in [2.75, 3.05) is 33.0 Å². The first-order valence-corrected chi connectivity index (χ1v) is 21.2. The number of rotatable bonds is 18. The quantitative estimate of drug-likeness (QED) is 0.0606. The minimum absolute atomic E-state index is 0.808. The molecule has 0 radical (unpaired) electrons. The molecule has 0 aromatic rings. The Hall–Kier alpha value is -2.59. The Balaban J connectivity index is 1.53. The Bertz CT molecular complexity index is 1650. The van der Waals surface area contributed by atoms with E-state index in [1.165, 1.54) is 0 Å². The van der Waals surface area contributed by atoms with E-state index in [1.807, 2.05) is 0 Å². The van der Waals surface area contributed by atoms with E-state index in [9.17, 15) is 101 Å². The Morgan fingerprint density at radius 1 is 0.588 bits per heavy atom. The highest BCUT2D eigenvalue weighted by Gasteiger charge is 2.59. The van der Waals surface area contributed by atoms with Crippen LogP contribution in [0.25, 0.3) is 0 Å². The van der Waals surface area contributed by atoms with Gasteiger partial charge < -0.3 is 140 Å². The summed E-state index contributed by atoms with van der Waals surface area (Å²) >= 11 is 0. The molecule has 0 aromatic heterocycles. The molecule has 0 bridgehead atoms. The molecule has 31 nitrogen and oxygen atoms in total. The van der Waals surface area contributed by atoms with Gasteiger partial charge in [-0.3, -0.25) is 9.59 Å². The predicted molar refractivity (Wildman–Crippen MR) is 207 cm³/mol. The fraction of sp³-hybridized carbons (Fsp3) is 0.919. The van der Waals surface area contributed by atoms with Crippen LogP contribution in [0.15, 0.2) is 0 Å². The van der Waals surface area contributed by atoms with E-state index in [1.54, 1.807) is 0 Å². The van der Waals surface area contributed by atoms with Crippen molar-refractivity contribution in [3.63, 3.8) is 0 Å². The number of amides is 2. The Labute approximate surface area is 384 Å². The molecule has 5 fully saturated rings. The zero-order valence-corrected chi connectivity index (χ0v) is 36.2. The van der Waals surface area contributed by atoms with Crippen molar-refractivity contribution in [3.05, 3.63) is 0 Å². The van der Waals surface area contributed by atoms with Crippen LogP contribution in [0.5, 0.6) is 0 Å². The highest BCUT2D eigenvalue weighted by Crippen LogP contribution is 2.38. The number of carbonyl (C=O) groups is 3. The summed E-state index contributed by atoms with van der Waals surface area (Å²) in [6, 6.07) is -3.53. The van der Waals surface area contributed by atoms with Crippen LogP contribution < -0.4 is 10.6 Å². The van der Waals surface area contributed by atoms with Gasteiger partial charge >= 0.3 is 5.97 Å². The minimum Gasteiger partial charge on any atom is -0.477 e. The summed E-state index contributed by atoms with van der Waals surface area (Å²) in [5.41, 5.74) is 0. The maximum Gasteiger partial charge on any atom is 0.364 e. The number of hydrogen-bond donors (Lipinski definition) is 19. The summed E-state index contributed by atoms with van der Waals surface area (Å²) in [6.07, 6.45) is -47.3. The maximum atomic E-state index is 13.0. The molecule has 68 heavy (non-hydrogen) atoms. The van der Waals surface area contributed by atoms with Gasteiger partial charge in [-0.2, -0.15) is 0 Å². The molecular weight excluding hydrogens is 936 g/mol. The number of carboxylic acid groups (broad SMARTS) is 1. The van der Waals surface area contributed by atoms with Crippen molar-refractivity contribution in [3.8, 4) is 0 Å². The average molecular weight is 999 g/mol. The summed E-state index contributed by atoms with van der Waals surface area (Å²) in [6.45, 7) is -3.31. The van der Waals surface area contributed by atoms with E-state index in [-0.39, 0.29) is 0 Å². The van der Waals surface area contributed by atoms with Crippen LogP contribution in [-0.4, -0.2) is 297 Å². The highest BCUT2D eigenvalue weighted by molar-refractivity contribution is 5.76. The number of aliphatic hydroxyl groups excluding tert-OH is 16. The molecule has 0 aliphatic carbocycles. The Morgan fingerprint density at radius 2 is 1.10 bits per heavy atom. The lowest BCUT2D eigenvalue weighted by atomic mass is 9.88. The van der Waals surface area contributed by atoms with E-state index in [4.69, 9.17) is 42.6 Å². The highest BCUT2D eigenvalue weighted by atomic mass is 16.8. The van der Waals surface area contributed by atoms with Gasteiger partial charge in [-0.1, -0.05) is 0 Å². The molecule has 5 rings (SSSR count). The van der Waals surface area contributed by atoms with E-state index in [0.717, 1.165) is 13.8 Å². The topological polar surface area (TPSA) is 502 Å². The van der Waals surface area contributed by atoms with E-state index in [0.29, 0.717) is 0 Å². The van der Waals surface area contributed by atoms with Crippen LogP contribution in [-0.2, 0) is 57.0 Å². The van der Waals surface area contributed by atoms with Gasteiger partial charge in [-0.15, -0.1) is 0 Å². The normalized spacial score (nSPS) is 46.6. The van der Waals surface area contributed by atoms with E-state index < -0.39 is 216 Å². The summed E-state index contributed by atoms with van der Waals surface area (Å²) in [5.74, 6) is -6.81. The number of nitrogens with one attached hydrogen (secondary N) is 2. The monoisotopic (exact) mass is 998 g/mol. The third-order valence-electron chi connectivity index (χ3n) is 12.1. The number of aliphatic carboxylic acids is 1. The first kappa shape index (κ1) is 56.3. The number of carbonyl (C=O) groups excluding carboxylic acids is 2. The molecule has 31 heteroatoms. The average Bonchev–Trinajstić information content (AvgIpc) is 3.29. The summed E-state index contributed by atoms with van der Waals surface area (Å²) < 4.78 is 50.9. The molecule has 0 unspecified atom stereocenters. The van der Waals surface area contributed by atoms with Crippen LogP contribution in [0, 0.1) is 0 Å². The smallest absolute Gasteiger partial charge is 0.364 e. The number of aliphatic hydroxyl groups is 16. The lowest BCUT2D eigenvalue weighted by Gasteiger charge is -2.50. The number of carboxylic acids is 1. The molecule has 5 heterocycles. The summed E-state index contributed by atoms with van der Waals surface area (Å²) in [4.78, 5) is 37.8. The van der Waals surface area contributed by atoms with Gasteiger partial charge in [0.25, 0.3) is 5.79 Å². The van der Waals surface area contributed by atoms with Gasteiger partial charge in [0.2, 0.25) is 11.8 Å². The molecule has 5 aliphatic heterocycles. The van der Waals surface area contributed by atoms with Gasteiger partial charge in [0.1, 0.15) is 116 Å². The number of hydrogen-bond acceptors (Lipinski definition) is 28. The fourth-order valence-corrected chi connectivity index (χ4v) is 8.42. The van der Waals surface area contributed by atoms with Gasteiger partial charge in [-0.25, -0.2) is 4.79 Å². The predicted octanol–water partition coefficient (Wildman–Crippen LogP) is -12.4. The molecule has 26 atom stereocenters. The van der Waals surface area contributed by atoms with Gasteiger partial charge in [0, 0.05) is 20.3 Å². The molecule has 5 saturated heterocycles. The van der Waals surface area contributed by atoms with Crippen LogP contribution in [0.1, 0.15) is 20.3 Å². The lowest BCUT2D eigenvalue weighted by molar-refractivity contribution is -0.382. The van der Waals surface area contributed by atoms with Gasteiger partial charge in [0.05, 0.1) is 45.2 Å². The Kier molecular flexibility index (Phi) is 19.7. The molecule has 0 saturated carbocycles. The Morgan fingerprint density at radius 3 is 1.66 bits per heavy atom. The second-order valence-corrected chi connectivity index (χ2v) is 16.9. The van der Waals surface area contributed by atoms with Gasteiger partial charge in [0.15, 0.2) is 25.2 Å². The van der Waals surface area contributed by atoms with E-state index >= 15 is 0 Å². The van der Waals surface area contributed by atoms with Crippen molar-refractivity contribution in [2.24, 2.45) is 0 Å². The second kappa shape index (κ2) is 23.8. The van der Waals surface area contributed by atoms with Crippen molar-refractivity contribution in [1.29, 1.82) is 0 Å². The van der Waals surface area contributed by atoms with Crippen LogP contribution in [0.3, 0.4) is 0 Å². The SMILES string of the molecule is CC(=O)N[C@H]1[C@H](O[C@H]2[C@@H](O)[C@@H](CO)O[C@@H](O[C@H]3[C@H](O)[C@@H](O)[C@@H](O)O[C@@H]3CO)[C@@H]2O)O[C@H](CO[C@@]2(C(=O)O)C[C@H](O)[C@@H](NC(C)=O)[C@H]([C@H](O)[C@H](O)CO)O2)[C@@H](O)[C@@H]1O[C@@H]1O[C@H](CO)[C@H](O)[C@H](O)[C@H]1O. The molecule has 2 amide bonds. The summed E-state index contributed by atoms with van der Waals surface area (Å²) in [5, 5.41) is 184. The van der Waals surface area contributed by atoms with Crippen molar-refractivity contribution < 1.29 is 144 Å². The van der Waals surface area contributed by atoms with Crippen LogP contribution in [0.2, 0.25) is 0 Å². The molecule has 0 spiro atoms. The molecule has 5 aliphatic rings. The maximum absolute atomic E-state index is 13.0. The van der Waals surface area contributed by atoms with Crippen molar-refractivity contribution in [1.82, 2.24) is 10.6 Å². The first-order chi connectivity index (χ1) is 31.9. The summed E-state index contributed by atoms with van der Waals surface area (Å²) in [7, 11) is 0. The largest absolute Gasteiger partial charge is 0.477 e. The first-order valence-electron chi connectivity index (χ1n) is 21.2. The minimum atomic E-state index is -3.06. The van der Waals surface area contributed by atoms with E-state index in [2.05, 4.69) is 10.6 Å². The van der Waals surface area contributed by atoms with Crippen molar-refractivity contribution in [2.45, 2.75) is 179 Å². The fourth-order valence-electron chi connectivity index (χ4n) is 8.42. The van der Waals surface area contributed by atoms with Gasteiger partial charge in [-0.05, 0) is 0 Å². The standard InChI is InChI=1S/C37H62N2O29/c1-9(44)38-17-11(46)3-37(36(58)59,68-30(17)19(48)12(47)4-40)60-8-16-22(51)29(66-34-26(55)23(52)20(49)13(5-41)62-34)18(39-10(2)45)33(64-16)67-31-21(50)14(6-42)63-35(27(31)56)65-28-15(7-43)61-32(57)25(54)24(28)53/h11-35,40-43,46-57H,3-8H2,1-2H3,(H,38,44)(H,39,45)(H,58,59)/t11-,12+,13+,14+,15+,16+,17+,18+,19+,20-,21-,22+,23-,24+,25+,26+,27+,28+,29+,30+,31-,32-,33-,34-,35-,37-/m0/s1. The molecule has 19 N–H and O–H groups in total. The zero-order chi connectivity index (χ0) is 50.7. The van der Waals surface area contributed by atoms with Crippen LogP contribution in [0.4, 0.5) is 0 Å².